The van der Waals surface area contributed by atoms with Crippen LogP contribution in [-0.4, -0.2) is 67.4 Å². The van der Waals surface area contributed by atoms with Crippen molar-refractivity contribution in [2.24, 2.45) is 0 Å². The second kappa shape index (κ2) is 8.09. The molecule has 1 fully saturated rings. The van der Waals surface area contributed by atoms with Crippen LogP contribution in [0.5, 0.6) is 0 Å². The third-order valence-electron chi connectivity index (χ3n) is 4.29. The van der Waals surface area contributed by atoms with Gasteiger partial charge in [-0.25, -0.2) is 15.0 Å². The third-order valence-corrected chi connectivity index (χ3v) is 4.29. The Morgan fingerprint density at radius 1 is 1.12 bits per heavy atom. The number of likely N-dealkylation sites (tertiary alicyclic amines) is 1. The molecule has 3 rings (SSSR count). The largest absolute Gasteiger partial charge is 0.395 e. The molecule has 0 aromatic carbocycles. The van der Waals surface area contributed by atoms with Crippen LogP contribution in [0.25, 0.3) is 0 Å². The maximum Gasteiger partial charge on any atom is 0.228 e. The van der Waals surface area contributed by atoms with E-state index in [0.29, 0.717) is 11.8 Å². The number of aliphatic hydroxyl groups excluding tert-OH is 2. The molecule has 1 atom stereocenters. The van der Waals surface area contributed by atoms with Crippen LogP contribution in [0.3, 0.4) is 0 Å². The maximum atomic E-state index is 9.36. The molecule has 24 heavy (non-hydrogen) atoms. The normalized spacial score (nSPS) is 18.7. The second-order valence-electron chi connectivity index (χ2n) is 5.88. The van der Waals surface area contributed by atoms with E-state index < -0.39 is 0 Å². The first-order chi connectivity index (χ1) is 11.8. The number of anilines is 2. The number of nitrogens with zero attached hydrogens (tertiary/aromatic N) is 5. The first kappa shape index (κ1) is 16.7. The molecular weight excluding hydrogens is 308 g/mol. The fraction of sp³-hybridized carbons (Fsp3) is 0.500. The summed E-state index contributed by atoms with van der Waals surface area (Å²) in [5.41, 5.74) is 0.925. The van der Waals surface area contributed by atoms with Crippen molar-refractivity contribution in [1.29, 1.82) is 0 Å². The van der Waals surface area contributed by atoms with E-state index in [-0.39, 0.29) is 25.2 Å². The summed E-state index contributed by atoms with van der Waals surface area (Å²) in [6.07, 6.45) is 8.82. The highest BCUT2D eigenvalue weighted by molar-refractivity contribution is 5.45. The Labute approximate surface area is 140 Å². The number of piperidine rings is 1. The lowest BCUT2D eigenvalue weighted by atomic mass is 9.94. The zero-order chi connectivity index (χ0) is 16.8. The SMILES string of the molecule is OCC(CO)N1CCC[C@H](c2cnc(Nc3ncccn3)cn2)C1. The standard InChI is InChI=1S/C16H22N6O2/c23-10-13(11-24)22-6-1-3-12(9-22)14-7-20-15(8-19-14)21-16-17-4-2-5-18-16/h2,4-5,7-8,12-13,23-24H,1,3,6,9-11H2,(H,17,18,20,21)/t12-/m0/s1. The van der Waals surface area contributed by atoms with Gasteiger partial charge in [0.15, 0.2) is 5.82 Å². The summed E-state index contributed by atoms with van der Waals surface area (Å²) in [6, 6.07) is 1.55. The highest BCUT2D eigenvalue weighted by Crippen LogP contribution is 2.26. The van der Waals surface area contributed by atoms with Gasteiger partial charge in [-0.2, -0.15) is 0 Å². The Morgan fingerprint density at radius 3 is 2.58 bits per heavy atom. The van der Waals surface area contributed by atoms with Crippen molar-refractivity contribution in [3.8, 4) is 0 Å². The Kier molecular flexibility index (Phi) is 5.63. The zero-order valence-corrected chi connectivity index (χ0v) is 13.4. The summed E-state index contributed by atoms with van der Waals surface area (Å²) in [5.74, 6) is 1.34. The van der Waals surface area contributed by atoms with Crippen LogP contribution in [-0.2, 0) is 0 Å². The van der Waals surface area contributed by atoms with Gasteiger partial charge in [0.2, 0.25) is 5.95 Å². The first-order valence-electron chi connectivity index (χ1n) is 8.12. The minimum absolute atomic E-state index is 0.0329. The Morgan fingerprint density at radius 2 is 1.92 bits per heavy atom. The van der Waals surface area contributed by atoms with E-state index in [4.69, 9.17) is 0 Å². The minimum Gasteiger partial charge on any atom is -0.395 e. The fourth-order valence-electron chi connectivity index (χ4n) is 2.96. The van der Waals surface area contributed by atoms with E-state index in [0.717, 1.165) is 31.6 Å². The van der Waals surface area contributed by atoms with Gasteiger partial charge in [0.05, 0.1) is 37.3 Å². The Hall–Kier alpha value is -2.16. The number of nitrogens with one attached hydrogen (secondary N) is 1. The lowest BCUT2D eigenvalue weighted by Crippen LogP contribution is -2.45. The number of rotatable bonds is 6. The molecule has 0 bridgehead atoms. The highest BCUT2D eigenvalue weighted by atomic mass is 16.3. The molecule has 0 radical (unpaired) electrons. The quantitative estimate of drug-likeness (QED) is 0.704. The lowest BCUT2D eigenvalue weighted by molar-refractivity contribution is 0.0545. The van der Waals surface area contributed by atoms with Crippen molar-refractivity contribution in [2.45, 2.75) is 24.8 Å². The van der Waals surface area contributed by atoms with E-state index >= 15 is 0 Å². The van der Waals surface area contributed by atoms with E-state index in [1.807, 2.05) is 0 Å². The van der Waals surface area contributed by atoms with E-state index in [9.17, 15) is 10.2 Å². The maximum absolute atomic E-state index is 9.36. The summed E-state index contributed by atoms with van der Waals surface area (Å²) in [7, 11) is 0. The molecule has 1 aliphatic heterocycles. The van der Waals surface area contributed by atoms with Crippen molar-refractivity contribution in [1.82, 2.24) is 24.8 Å². The van der Waals surface area contributed by atoms with E-state index in [2.05, 4.69) is 30.2 Å². The average Bonchev–Trinajstić information content (AvgIpc) is 2.65. The van der Waals surface area contributed by atoms with Crippen LogP contribution >= 0.6 is 0 Å². The summed E-state index contributed by atoms with van der Waals surface area (Å²) in [5, 5.41) is 21.7. The highest BCUT2D eigenvalue weighted by Gasteiger charge is 2.26. The third kappa shape index (κ3) is 4.02. The van der Waals surface area contributed by atoms with Crippen LogP contribution in [0, 0.1) is 0 Å². The van der Waals surface area contributed by atoms with Crippen LogP contribution in [0.4, 0.5) is 11.8 Å². The van der Waals surface area contributed by atoms with Crippen molar-refractivity contribution in [3.05, 3.63) is 36.5 Å². The molecule has 0 amide bonds. The van der Waals surface area contributed by atoms with Crippen LogP contribution in [0.2, 0.25) is 0 Å². The summed E-state index contributed by atoms with van der Waals surface area (Å²) >= 11 is 0. The van der Waals surface area contributed by atoms with Gasteiger partial charge in [-0.1, -0.05) is 0 Å². The van der Waals surface area contributed by atoms with Gasteiger partial charge in [0, 0.05) is 24.9 Å². The van der Waals surface area contributed by atoms with Gasteiger partial charge in [0.1, 0.15) is 0 Å². The van der Waals surface area contributed by atoms with Gasteiger partial charge in [-0.3, -0.25) is 9.88 Å². The van der Waals surface area contributed by atoms with Gasteiger partial charge in [-0.15, -0.1) is 0 Å². The monoisotopic (exact) mass is 330 g/mol. The molecule has 0 unspecified atom stereocenters. The minimum atomic E-state index is -0.197. The van der Waals surface area contributed by atoms with E-state index in [1.54, 1.807) is 30.9 Å². The van der Waals surface area contributed by atoms with Crippen LogP contribution < -0.4 is 5.32 Å². The average molecular weight is 330 g/mol. The number of aromatic nitrogens is 4. The molecule has 0 saturated carbocycles. The smallest absolute Gasteiger partial charge is 0.228 e. The number of hydrogen-bond donors (Lipinski definition) is 3. The molecule has 8 nitrogen and oxygen atoms in total. The summed E-state index contributed by atoms with van der Waals surface area (Å²) in [4.78, 5) is 19.2. The Balaban J connectivity index is 1.64. The lowest BCUT2D eigenvalue weighted by Gasteiger charge is -2.36. The predicted molar refractivity (Wildman–Crippen MR) is 88.9 cm³/mol. The second-order valence-corrected chi connectivity index (χ2v) is 5.88. The molecule has 0 aliphatic carbocycles. The molecule has 128 valence electrons. The summed E-state index contributed by atoms with van der Waals surface area (Å²) < 4.78 is 0. The van der Waals surface area contributed by atoms with Gasteiger partial charge >= 0.3 is 0 Å². The van der Waals surface area contributed by atoms with Crippen molar-refractivity contribution < 1.29 is 10.2 Å². The first-order valence-corrected chi connectivity index (χ1v) is 8.12. The molecule has 2 aromatic heterocycles. The zero-order valence-electron chi connectivity index (χ0n) is 13.4. The molecule has 3 heterocycles. The molecule has 1 saturated heterocycles. The van der Waals surface area contributed by atoms with Crippen molar-refractivity contribution >= 4 is 11.8 Å². The predicted octanol–water partition coefficient (Wildman–Crippen LogP) is 0.543. The van der Waals surface area contributed by atoms with Crippen LogP contribution in [0.15, 0.2) is 30.9 Å². The fourth-order valence-corrected chi connectivity index (χ4v) is 2.96. The van der Waals surface area contributed by atoms with Gasteiger partial charge in [-0.05, 0) is 25.5 Å². The molecule has 1 aliphatic rings. The Bertz CT molecular complexity index is 620. The van der Waals surface area contributed by atoms with Crippen molar-refractivity contribution in [2.75, 3.05) is 31.6 Å². The molecule has 3 N–H and O–H groups in total. The summed E-state index contributed by atoms with van der Waals surface area (Å²) in [6.45, 7) is 1.60. The molecule has 0 spiro atoms. The van der Waals surface area contributed by atoms with Gasteiger partial charge < -0.3 is 15.5 Å². The number of aliphatic hydroxyl groups is 2. The van der Waals surface area contributed by atoms with Crippen molar-refractivity contribution in [3.63, 3.8) is 0 Å². The van der Waals surface area contributed by atoms with Crippen LogP contribution in [0.1, 0.15) is 24.5 Å². The van der Waals surface area contributed by atoms with Gasteiger partial charge in [0.25, 0.3) is 0 Å². The van der Waals surface area contributed by atoms with E-state index in [1.165, 1.54) is 0 Å². The number of hydrogen-bond acceptors (Lipinski definition) is 8. The molecular formula is C16H22N6O2. The molecule has 8 heteroatoms. The topological polar surface area (TPSA) is 107 Å². The molecule has 2 aromatic rings.